The summed E-state index contributed by atoms with van der Waals surface area (Å²) < 4.78 is 1.75. The first-order valence-corrected chi connectivity index (χ1v) is 8.30. The molecule has 2 aromatic heterocycles. The second-order valence-electron chi connectivity index (χ2n) is 6.04. The van der Waals surface area contributed by atoms with Crippen molar-refractivity contribution < 1.29 is 9.90 Å². The standard InChI is InChI=1S/C18H18N6O2/c19-15-13-10-14(26)24(11-12-4-2-1-3-5-12)17(13)22-16(21-15)18-20-6-7-23(18)8-9-25/h1-7,25H,8-11H2,(H2,19,21,22). The van der Waals surface area contributed by atoms with E-state index in [1.807, 2.05) is 30.3 Å². The Hall–Kier alpha value is -3.26. The molecule has 3 heterocycles. The van der Waals surface area contributed by atoms with E-state index in [0.717, 1.165) is 5.56 Å². The molecular weight excluding hydrogens is 332 g/mol. The van der Waals surface area contributed by atoms with E-state index in [1.54, 1.807) is 21.9 Å². The summed E-state index contributed by atoms with van der Waals surface area (Å²) in [6.07, 6.45) is 3.55. The summed E-state index contributed by atoms with van der Waals surface area (Å²) in [6.45, 7) is 0.776. The number of aliphatic hydroxyl groups excluding tert-OH is 1. The van der Waals surface area contributed by atoms with Gasteiger partial charge in [0.05, 0.1) is 19.6 Å². The lowest BCUT2D eigenvalue weighted by Crippen LogP contribution is -2.26. The fourth-order valence-electron chi connectivity index (χ4n) is 3.08. The number of anilines is 2. The van der Waals surface area contributed by atoms with Crippen molar-refractivity contribution in [3.05, 3.63) is 53.9 Å². The summed E-state index contributed by atoms with van der Waals surface area (Å²) in [6, 6.07) is 9.72. The molecule has 0 spiro atoms. The normalized spacial score (nSPS) is 13.3. The zero-order valence-corrected chi connectivity index (χ0v) is 14.0. The number of rotatable bonds is 5. The van der Waals surface area contributed by atoms with Gasteiger partial charge in [0.25, 0.3) is 0 Å². The van der Waals surface area contributed by atoms with Crippen LogP contribution in [-0.2, 0) is 24.3 Å². The molecule has 1 aliphatic rings. The predicted octanol–water partition coefficient (Wildman–Crippen LogP) is 1.00. The van der Waals surface area contributed by atoms with E-state index in [2.05, 4.69) is 15.0 Å². The van der Waals surface area contributed by atoms with Gasteiger partial charge >= 0.3 is 0 Å². The maximum atomic E-state index is 12.5. The lowest BCUT2D eigenvalue weighted by atomic mass is 10.2. The van der Waals surface area contributed by atoms with Gasteiger partial charge in [-0.05, 0) is 5.56 Å². The molecule has 0 aliphatic carbocycles. The number of benzene rings is 1. The first-order valence-electron chi connectivity index (χ1n) is 8.30. The highest BCUT2D eigenvalue weighted by Gasteiger charge is 2.32. The maximum absolute atomic E-state index is 12.5. The fraction of sp³-hybridized carbons (Fsp3) is 0.222. The Balaban J connectivity index is 1.75. The van der Waals surface area contributed by atoms with Gasteiger partial charge in [-0.25, -0.2) is 15.0 Å². The molecular formula is C18H18N6O2. The molecule has 1 aliphatic heterocycles. The third-order valence-corrected chi connectivity index (χ3v) is 4.34. The first-order chi connectivity index (χ1) is 12.7. The Bertz CT molecular complexity index is 954. The molecule has 0 unspecified atom stereocenters. The number of nitrogens with zero attached hydrogens (tertiary/aromatic N) is 5. The molecule has 0 bridgehead atoms. The van der Waals surface area contributed by atoms with Crippen LogP contribution in [0.4, 0.5) is 11.6 Å². The zero-order valence-electron chi connectivity index (χ0n) is 14.0. The van der Waals surface area contributed by atoms with E-state index in [1.165, 1.54) is 0 Å². The third-order valence-electron chi connectivity index (χ3n) is 4.34. The van der Waals surface area contributed by atoms with Crippen molar-refractivity contribution in [1.29, 1.82) is 0 Å². The number of carbonyl (C=O) groups excluding carboxylic acids is 1. The number of hydrogen-bond donors (Lipinski definition) is 2. The second-order valence-corrected chi connectivity index (χ2v) is 6.04. The summed E-state index contributed by atoms with van der Waals surface area (Å²) in [5.74, 6) is 1.60. The number of nitrogens with two attached hydrogens (primary N) is 1. The number of carbonyl (C=O) groups is 1. The van der Waals surface area contributed by atoms with Crippen molar-refractivity contribution in [2.45, 2.75) is 19.5 Å². The molecule has 0 radical (unpaired) electrons. The molecule has 0 fully saturated rings. The van der Waals surface area contributed by atoms with Crippen molar-refractivity contribution in [3.63, 3.8) is 0 Å². The average Bonchev–Trinajstić information content (AvgIpc) is 3.22. The van der Waals surface area contributed by atoms with Crippen LogP contribution in [0.5, 0.6) is 0 Å². The SMILES string of the molecule is Nc1nc(-c2nccn2CCO)nc2c1CC(=O)N2Cc1ccccc1. The summed E-state index contributed by atoms with van der Waals surface area (Å²) in [5, 5.41) is 9.19. The van der Waals surface area contributed by atoms with Crippen molar-refractivity contribution >= 4 is 17.5 Å². The number of amides is 1. The van der Waals surface area contributed by atoms with Crippen LogP contribution in [0.25, 0.3) is 11.6 Å². The van der Waals surface area contributed by atoms with Crippen LogP contribution in [-0.4, -0.2) is 37.1 Å². The van der Waals surface area contributed by atoms with E-state index in [-0.39, 0.29) is 24.8 Å². The van der Waals surface area contributed by atoms with Crippen molar-refractivity contribution in [1.82, 2.24) is 19.5 Å². The number of imidazole rings is 1. The number of aliphatic hydroxyl groups is 1. The minimum atomic E-state index is -0.0549. The highest BCUT2D eigenvalue weighted by Crippen LogP contribution is 2.33. The number of nitrogen functional groups attached to an aromatic ring is 1. The highest BCUT2D eigenvalue weighted by molar-refractivity contribution is 6.01. The predicted molar refractivity (Wildman–Crippen MR) is 96.1 cm³/mol. The minimum absolute atomic E-state index is 0.0254. The van der Waals surface area contributed by atoms with Crippen LogP contribution in [0.3, 0.4) is 0 Å². The van der Waals surface area contributed by atoms with Gasteiger partial charge < -0.3 is 15.4 Å². The molecule has 1 amide bonds. The van der Waals surface area contributed by atoms with Gasteiger partial charge in [0.1, 0.15) is 11.6 Å². The molecule has 4 rings (SSSR count). The summed E-state index contributed by atoms with van der Waals surface area (Å²) >= 11 is 0. The summed E-state index contributed by atoms with van der Waals surface area (Å²) in [4.78, 5) is 27.3. The Morgan fingerprint density at radius 1 is 1.19 bits per heavy atom. The van der Waals surface area contributed by atoms with E-state index >= 15 is 0 Å². The topological polar surface area (TPSA) is 110 Å². The van der Waals surface area contributed by atoms with E-state index in [0.29, 0.717) is 36.1 Å². The van der Waals surface area contributed by atoms with Crippen LogP contribution in [0.1, 0.15) is 11.1 Å². The molecule has 0 atom stereocenters. The van der Waals surface area contributed by atoms with Gasteiger partial charge in [-0.3, -0.25) is 9.69 Å². The number of hydrogen-bond acceptors (Lipinski definition) is 6. The molecule has 26 heavy (non-hydrogen) atoms. The van der Waals surface area contributed by atoms with E-state index in [4.69, 9.17) is 5.73 Å². The molecule has 3 aromatic rings. The van der Waals surface area contributed by atoms with Crippen LogP contribution >= 0.6 is 0 Å². The van der Waals surface area contributed by atoms with Gasteiger partial charge in [0.2, 0.25) is 5.91 Å². The van der Waals surface area contributed by atoms with Gasteiger partial charge in [-0.2, -0.15) is 0 Å². The van der Waals surface area contributed by atoms with E-state index in [9.17, 15) is 9.90 Å². The lowest BCUT2D eigenvalue weighted by Gasteiger charge is -2.17. The summed E-state index contributed by atoms with van der Waals surface area (Å²) in [7, 11) is 0. The fourth-order valence-corrected chi connectivity index (χ4v) is 3.08. The molecule has 0 saturated heterocycles. The first kappa shape index (κ1) is 16.2. The number of fused-ring (bicyclic) bond motifs is 1. The molecule has 0 saturated carbocycles. The molecule has 8 heteroatoms. The third kappa shape index (κ3) is 2.80. The maximum Gasteiger partial charge on any atom is 0.233 e. The van der Waals surface area contributed by atoms with Crippen molar-refractivity contribution in [2.75, 3.05) is 17.2 Å². The lowest BCUT2D eigenvalue weighted by molar-refractivity contribution is -0.117. The van der Waals surface area contributed by atoms with Gasteiger partial charge in [-0.15, -0.1) is 0 Å². The molecule has 1 aromatic carbocycles. The Kier molecular flexibility index (Phi) is 4.10. The Morgan fingerprint density at radius 2 is 2.00 bits per heavy atom. The van der Waals surface area contributed by atoms with Crippen LogP contribution in [0.15, 0.2) is 42.7 Å². The molecule has 3 N–H and O–H groups in total. The quantitative estimate of drug-likeness (QED) is 0.710. The van der Waals surface area contributed by atoms with Crippen molar-refractivity contribution in [2.24, 2.45) is 0 Å². The Morgan fingerprint density at radius 3 is 2.77 bits per heavy atom. The summed E-state index contributed by atoms with van der Waals surface area (Å²) in [5.41, 5.74) is 7.76. The second kappa shape index (κ2) is 6.57. The van der Waals surface area contributed by atoms with E-state index < -0.39 is 0 Å². The van der Waals surface area contributed by atoms with Gasteiger partial charge in [-0.1, -0.05) is 30.3 Å². The van der Waals surface area contributed by atoms with Crippen LogP contribution in [0.2, 0.25) is 0 Å². The monoisotopic (exact) mass is 350 g/mol. The van der Waals surface area contributed by atoms with Crippen molar-refractivity contribution in [3.8, 4) is 11.6 Å². The Labute approximate surface area is 149 Å². The zero-order chi connectivity index (χ0) is 18.1. The smallest absolute Gasteiger partial charge is 0.233 e. The highest BCUT2D eigenvalue weighted by atomic mass is 16.3. The van der Waals surface area contributed by atoms with Crippen LogP contribution < -0.4 is 10.6 Å². The van der Waals surface area contributed by atoms with Gasteiger partial charge in [0.15, 0.2) is 11.6 Å². The number of aromatic nitrogens is 4. The van der Waals surface area contributed by atoms with Gasteiger partial charge in [0, 0.05) is 24.5 Å². The minimum Gasteiger partial charge on any atom is -0.395 e. The molecule has 132 valence electrons. The average molecular weight is 350 g/mol. The van der Waals surface area contributed by atoms with Crippen LogP contribution in [0, 0.1) is 0 Å². The largest absolute Gasteiger partial charge is 0.395 e. The molecule has 8 nitrogen and oxygen atoms in total.